The van der Waals surface area contributed by atoms with Gasteiger partial charge >= 0.3 is 0 Å². The van der Waals surface area contributed by atoms with Crippen molar-refractivity contribution in [3.63, 3.8) is 0 Å². The normalized spacial score (nSPS) is 10.9. The van der Waals surface area contributed by atoms with Gasteiger partial charge in [0.15, 0.2) is 0 Å². The molecule has 0 spiro atoms. The number of benzene rings is 1. The highest BCUT2D eigenvalue weighted by Gasteiger charge is 2.06. The van der Waals surface area contributed by atoms with Crippen molar-refractivity contribution >= 4 is 23.8 Å². The molecule has 0 aliphatic heterocycles. The van der Waals surface area contributed by atoms with Crippen LogP contribution in [-0.4, -0.2) is 9.97 Å². The summed E-state index contributed by atoms with van der Waals surface area (Å²) < 4.78 is 0.601. The number of hydrogen-bond donors (Lipinski definition) is 1. The molecule has 0 aliphatic rings. The second kappa shape index (κ2) is 5.21. The maximum atomic E-state index is 6.15. The van der Waals surface area contributed by atoms with Crippen LogP contribution in [0.4, 0.5) is 0 Å². The Hall–Kier alpha value is -1.19. The topological polar surface area (TPSA) is 28.7 Å². The average molecular weight is 279 g/mol. The van der Waals surface area contributed by atoms with E-state index in [1.165, 1.54) is 0 Å². The lowest BCUT2D eigenvalue weighted by Gasteiger charge is -2.09. The van der Waals surface area contributed by atoms with Gasteiger partial charge in [0.05, 0.1) is 0 Å². The lowest BCUT2D eigenvalue weighted by molar-refractivity contribution is 0.773. The number of aryl methyl sites for hydroxylation is 1. The summed E-state index contributed by atoms with van der Waals surface area (Å²) in [4.78, 5) is 7.64. The highest BCUT2D eigenvalue weighted by atomic mass is 35.5. The molecule has 0 atom stereocenters. The summed E-state index contributed by atoms with van der Waals surface area (Å²) in [6.07, 6.45) is 0. The van der Waals surface area contributed by atoms with E-state index < -0.39 is 0 Å². The standard InChI is InChI=1S/C14H15ClN2S/c1-8(2)14-16-12(7-13(18)17-14)10-5-4-9(3)11(15)6-10/h4-8H,1-3H3,(H,16,17,18). The summed E-state index contributed by atoms with van der Waals surface area (Å²) in [6.45, 7) is 6.15. The molecule has 0 radical (unpaired) electrons. The number of aromatic amines is 1. The van der Waals surface area contributed by atoms with Gasteiger partial charge in [-0.25, -0.2) is 4.98 Å². The third-order valence-corrected chi connectivity index (χ3v) is 3.41. The monoisotopic (exact) mass is 278 g/mol. The Balaban J connectivity index is 2.56. The van der Waals surface area contributed by atoms with Crippen molar-refractivity contribution in [1.29, 1.82) is 0 Å². The first-order valence-electron chi connectivity index (χ1n) is 5.85. The molecule has 0 bridgehead atoms. The van der Waals surface area contributed by atoms with Crippen molar-refractivity contribution in [2.75, 3.05) is 0 Å². The molecule has 0 aliphatic carbocycles. The van der Waals surface area contributed by atoms with Gasteiger partial charge in [0.25, 0.3) is 0 Å². The third kappa shape index (κ3) is 2.79. The highest BCUT2D eigenvalue weighted by Crippen LogP contribution is 2.24. The van der Waals surface area contributed by atoms with Crippen LogP contribution in [-0.2, 0) is 0 Å². The van der Waals surface area contributed by atoms with Gasteiger partial charge in [0.2, 0.25) is 0 Å². The van der Waals surface area contributed by atoms with Crippen molar-refractivity contribution in [3.8, 4) is 11.3 Å². The van der Waals surface area contributed by atoms with Crippen LogP contribution < -0.4 is 0 Å². The van der Waals surface area contributed by atoms with Gasteiger partial charge in [-0.2, -0.15) is 0 Å². The average Bonchev–Trinajstić information content (AvgIpc) is 2.31. The summed E-state index contributed by atoms with van der Waals surface area (Å²) in [7, 11) is 0. The fourth-order valence-corrected chi connectivity index (χ4v) is 2.06. The van der Waals surface area contributed by atoms with Gasteiger partial charge in [-0.05, 0) is 30.2 Å². The molecule has 1 aromatic heterocycles. The van der Waals surface area contributed by atoms with Crippen LogP contribution in [0.5, 0.6) is 0 Å². The second-order valence-corrected chi connectivity index (χ2v) is 5.46. The molecule has 1 N–H and O–H groups in total. The molecule has 0 saturated heterocycles. The molecular weight excluding hydrogens is 264 g/mol. The predicted molar refractivity (Wildman–Crippen MR) is 78.7 cm³/mol. The minimum absolute atomic E-state index is 0.313. The fraction of sp³-hybridized carbons (Fsp3) is 0.286. The first-order valence-corrected chi connectivity index (χ1v) is 6.64. The highest BCUT2D eigenvalue weighted by molar-refractivity contribution is 7.71. The Labute approximate surface area is 117 Å². The largest absolute Gasteiger partial charge is 0.343 e. The van der Waals surface area contributed by atoms with E-state index in [2.05, 4.69) is 23.8 Å². The van der Waals surface area contributed by atoms with Crippen molar-refractivity contribution < 1.29 is 0 Å². The van der Waals surface area contributed by atoms with Gasteiger partial charge in [0, 0.05) is 16.6 Å². The summed E-state index contributed by atoms with van der Waals surface area (Å²) in [5, 5.41) is 0.759. The summed E-state index contributed by atoms with van der Waals surface area (Å²) in [6, 6.07) is 7.85. The molecule has 1 heterocycles. The Kier molecular flexibility index (Phi) is 3.83. The molecule has 94 valence electrons. The quantitative estimate of drug-likeness (QED) is 0.792. The van der Waals surface area contributed by atoms with Crippen molar-refractivity contribution in [2.24, 2.45) is 0 Å². The smallest absolute Gasteiger partial charge is 0.130 e. The first-order chi connectivity index (χ1) is 8.47. The minimum atomic E-state index is 0.313. The van der Waals surface area contributed by atoms with E-state index in [0.29, 0.717) is 10.6 Å². The van der Waals surface area contributed by atoms with Crippen LogP contribution >= 0.6 is 23.8 Å². The lowest BCUT2D eigenvalue weighted by atomic mass is 10.1. The molecular formula is C14H15ClN2S. The molecule has 2 rings (SSSR count). The number of rotatable bonds is 2. The first kappa shape index (κ1) is 13.2. The van der Waals surface area contributed by atoms with E-state index in [-0.39, 0.29) is 0 Å². The zero-order valence-corrected chi connectivity index (χ0v) is 12.2. The Morgan fingerprint density at radius 1 is 1.28 bits per heavy atom. The molecule has 0 fully saturated rings. The predicted octanol–water partition coefficient (Wildman–Crippen LogP) is 4.89. The molecule has 0 amide bonds. The number of nitrogens with one attached hydrogen (secondary N) is 1. The zero-order chi connectivity index (χ0) is 13.3. The number of hydrogen-bond acceptors (Lipinski definition) is 2. The Bertz CT molecular complexity index is 632. The number of aromatic nitrogens is 2. The van der Waals surface area contributed by atoms with E-state index in [9.17, 15) is 0 Å². The van der Waals surface area contributed by atoms with Gasteiger partial charge in [-0.3, -0.25) is 0 Å². The van der Waals surface area contributed by atoms with Gasteiger partial charge in [-0.15, -0.1) is 0 Å². The molecule has 4 heteroatoms. The fourth-order valence-electron chi connectivity index (χ4n) is 1.67. The van der Waals surface area contributed by atoms with E-state index in [1.807, 2.05) is 31.2 Å². The Morgan fingerprint density at radius 3 is 2.61 bits per heavy atom. The van der Waals surface area contributed by atoms with Gasteiger partial charge in [0.1, 0.15) is 10.5 Å². The molecule has 1 aromatic carbocycles. The van der Waals surface area contributed by atoms with Crippen LogP contribution in [0.1, 0.15) is 31.2 Å². The molecule has 0 unspecified atom stereocenters. The maximum Gasteiger partial charge on any atom is 0.130 e. The number of nitrogens with zero attached hydrogens (tertiary/aromatic N) is 1. The molecule has 2 nitrogen and oxygen atoms in total. The van der Waals surface area contributed by atoms with E-state index in [1.54, 1.807) is 0 Å². The van der Waals surface area contributed by atoms with E-state index in [0.717, 1.165) is 27.7 Å². The van der Waals surface area contributed by atoms with Crippen LogP contribution in [0.15, 0.2) is 24.3 Å². The molecule has 2 aromatic rings. The number of H-pyrrole nitrogens is 1. The molecule has 0 saturated carbocycles. The Morgan fingerprint density at radius 2 is 2.00 bits per heavy atom. The summed E-state index contributed by atoms with van der Waals surface area (Å²) in [5.74, 6) is 1.21. The minimum Gasteiger partial charge on any atom is -0.343 e. The summed E-state index contributed by atoms with van der Waals surface area (Å²) >= 11 is 11.4. The van der Waals surface area contributed by atoms with Crippen LogP contribution in [0, 0.1) is 11.6 Å². The van der Waals surface area contributed by atoms with Crippen molar-refractivity contribution in [2.45, 2.75) is 26.7 Å². The third-order valence-electron chi connectivity index (χ3n) is 2.79. The second-order valence-electron chi connectivity index (χ2n) is 4.64. The zero-order valence-electron chi connectivity index (χ0n) is 10.6. The number of halogens is 1. The van der Waals surface area contributed by atoms with Gasteiger partial charge < -0.3 is 4.98 Å². The van der Waals surface area contributed by atoms with Crippen LogP contribution in [0.3, 0.4) is 0 Å². The van der Waals surface area contributed by atoms with Crippen molar-refractivity contribution in [1.82, 2.24) is 9.97 Å². The molecule has 18 heavy (non-hydrogen) atoms. The van der Waals surface area contributed by atoms with E-state index in [4.69, 9.17) is 23.8 Å². The van der Waals surface area contributed by atoms with Gasteiger partial charge in [-0.1, -0.05) is 49.8 Å². The van der Waals surface area contributed by atoms with Crippen molar-refractivity contribution in [3.05, 3.63) is 45.3 Å². The lowest BCUT2D eigenvalue weighted by Crippen LogP contribution is -1.99. The van der Waals surface area contributed by atoms with Crippen LogP contribution in [0.25, 0.3) is 11.3 Å². The summed E-state index contributed by atoms with van der Waals surface area (Å²) in [5.41, 5.74) is 3.05. The maximum absolute atomic E-state index is 6.15. The van der Waals surface area contributed by atoms with E-state index >= 15 is 0 Å². The van der Waals surface area contributed by atoms with Crippen LogP contribution in [0.2, 0.25) is 5.02 Å². The SMILES string of the molecule is Cc1ccc(-c2cc(=S)nc(C(C)C)[nH]2)cc1Cl.